The van der Waals surface area contributed by atoms with Crippen molar-refractivity contribution in [3.05, 3.63) is 0 Å². The minimum absolute atomic E-state index is 0.323. The molecule has 0 radical (unpaired) electrons. The van der Waals surface area contributed by atoms with Crippen LogP contribution in [0.1, 0.15) is 142 Å². The Kier molecular flexibility index (Phi) is 23.8. The van der Waals surface area contributed by atoms with Gasteiger partial charge in [0.1, 0.15) is 6.47 Å². The van der Waals surface area contributed by atoms with Crippen molar-refractivity contribution in [1.82, 2.24) is 0 Å². The van der Waals surface area contributed by atoms with Crippen molar-refractivity contribution in [3.63, 3.8) is 0 Å². The number of hydrogen-bond acceptors (Lipinski definition) is 1. The van der Waals surface area contributed by atoms with Gasteiger partial charge in [-0.2, -0.15) is 0 Å². The molecule has 36 heavy (non-hydrogen) atoms. The fourth-order valence-corrected chi connectivity index (χ4v) is 10.6. The maximum Gasteiger partial charge on any atom is 0.181 e. The number of halogens is 8. The van der Waals surface area contributed by atoms with E-state index in [1.54, 1.807) is 0 Å². The van der Waals surface area contributed by atoms with Gasteiger partial charge in [0.2, 0.25) is 0 Å². The predicted molar refractivity (Wildman–Crippen MR) is 192 cm³/mol. The molecule has 0 spiro atoms. The first-order valence-corrected chi connectivity index (χ1v) is 20.3. The van der Waals surface area contributed by atoms with Gasteiger partial charge in [0.05, 0.1) is 0 Å². The second-order valence-electron chi connectivity index (χ2n) is 10.2. The largest absolute Gasteiger partial charge is 0.373 e. The van der Waals surface area contributed by atoms with E-state index in [1.165, 1.54) is 116 Å². The van der Waals surface area contributed by atoms with Crippen molar-refractivity contribution >= 4 is 127 Å². The average Bonchev–Trinajstić information content (AvgIpc) is 2.79. The molecule has 0 aliphatic carbocycles. The SMILES string of the molecule is CCCCCCCCCCCCC(CCCCCCCCCC)C(Br)(Br)C(Br)(Br)C(O)(Br)C(Br)(Br)Br. The van der Waals surface area contributed by atoms with E-state index in [0.717, 1.165) is 12.8 Å². The van der Waals surface area contributed by atoms with Crippen LogP contribution in [0.3, 0.4) is 0 Å². The number of alkyl halides is 8. The molecule has 0 saturated carbocycles. The fourth-order valence-electron chi connectivity index (χ4n) is 4.56. The molecule has 0 heterocycles. The zero-order valence-corrected chi connectivity index (χ0v) is 34.9. The van der Waals surface area contributed by atoms with Gasteiger partial charge in [-0.15, -0.1) is 0 Å². The van der Waals surface area contributed by atoms with Crippen molar-refractivity contribution in [3.8, 4) is 0 Å². The summed E-state index contributed by atoms with van der Waals surface area (Å²) in [5.41, 5.74) is 0. The van der Waals surface area contributed by atoms with Crippen LogP contribution in [0.4, 0.5) is 0 Å². The molecule has 9 heteroatoms. The second-order valence-corrected chi connectivity index (χ2v) is 25.2. The van der Waals surface area contributed by atoms with Crippen LogP contribution >= 0.6 is 127 Å². The quantitative estimate of drug-likeness (QED) is 0.0799. The highest BCUT2D eigenvalue weighted by atomic mass is 80.0. The molecular weight excluding hydrogens is 980 g/mol. The molecule has 0 bridgehead atoms. The first-order valence-electron chi connectivity index (χ1n) is 14.0. The maximum absolute atomic E-state index is 11.4. The molecule has 2 unspecified atom stereocenters. The van der Waals surface area contributed by atoms with Gasteiger partial charge >= 0.3 is 0 Å². The van der Waals surface area contributed by atoms with Crippen molar-refractivity contribution < 1.29 is 5.11 Å². The van der Waals surface area contributed by atoms with Gasteiger partial charge in [0.25, 0.3) is 0 Å². The zero-order chi connectivity index (χ0) is 27.7. The number of rotatable bonds is 23. The van der Waals surface area contributed by atoms with Gasteiger partial charge in [-0.1, -0.05) is 241 Å². The van der Waals surface area contributed by atoms with E-state index in [9.17, 15) is 5.11 Å². The highest BCUT2D eigenvalue weighted by molar-refractivity contribution is 9.40. The van der Waals surface area contributed by atoms with Crippen molar-refractivity contribution in [1.29, 1.82) is 0 Å². The van der Waals surface area contributed by atoms with Crippen LogP contribution in [-0.2, 0) is 0 Å². The molecule has 2 atom stereocenters. The minimum atomic E-state index is -1.42. The van der Waals surface area contributed by atoms with Gasteiger partial charge in [-0.3, -0.25) is 0 Å². The van der Waals surface area contributed by atoms with Crippen LogP contribution in [0, 0.1) is 5.92 Å². The Balaban J connectivity index is 4.91. The summed E-state index contributed by atoms with van der Waals surface area (Å²) in [5.74, 6) is 0.323. The molecule has 1 nitrogen and oxygen atoms in total. The summed E-state index contributed by atoms with van der Waals surface area (Å²) < 4.78 is -3.89. The third-order valence-electron chi connectivity index (χ3n) is 7.04. The summed E-state index contributed by atoms with van der Waals surface area (Å²) in [6.45, 7) is 4.55. The molecule has 0 saturated heterocycles. The Morgan fingerprint density at radius 1 is 0.472 bits per heavy atom. The van der Waals surface area contributed by atoms with Gasteiger partial charge in [0, 0.05) is 0 Å². The summed E-state index contributed by atoms with van der Waals surface area (Å²) in [6, 6.07) is 0. The lowest BCUT2D eigenvalue weighted by molar-refractivity contribution is 0.137. The Morgan fingerprint density at radius 2 is 0.750 bits per heavy atom. The first kappa shape index (κ1) is 39.8. The smallest absolute Gasteiger partial charge is 0.181 e. The second kappa shape index (κ2) is 21.5. The molecule has 1 N–H and O–H groups in total. The molecule has 0 aliphatic heterocycles. The van der Waals surface area contributed by atoms with E-state index in [4.69, 9.17) is 0 Å². The molecule has 218 valence electrons. The lowest BCUT2D eigenvalue weighted by Gasteiger charge is -2.49. The van der Waals surface area contributed by atoms with Crippen LogP contribution in [0.15, 0.2) is 0 Å². The van der Waals surface area contributed by atoms with Gasteiger partial charge in [0.15, 0.2) is 6.65 Å². The summed E-state index contributed by atoms with van der Waals surface area (Å²) >= 11 is 29.8. The van der Waals surface area contributed by atoms with E-state index in [-0.39, 0.29) is 0 Å². The normalized spacial score (nSPS) is 15.8. The van der Waals surface area contributed by atoms with E-state index >= 15 is 0 Å². The molecule has 0 rings (SSSR count). The van der Waals surface area contributed by atoms with Gasteiger partial charge in [-0.25, -0.2) is 0 Å². The summed E-state index contributed by atoms with van der Waals surface area (Å²) in [7, 11) is 0. The number of aliphatic hydroxyl groups is 1. The van der Waals surface area contributed by atoms with Crippen LogP contribution in [0.2, 0.25) is 0 Å². The lowest BCUT2D eigenvalue weighted by Crippen LogP contribution is -2.59. The third-order valence-corrected chi connectivity index (χ3v) is 19.6. The first-order chi connectivity index (χ1) is 16.8. The van der Waals surface area contributed by atoms with Crippen LogP contribution in [0.25, 0.3) is 0 Å². The highest BCUT2D eigenvalue weighted by Crippen LogP contribution is 2.67. The van der Waals surface area contributed by atoms with Crippen molar-refractivity contribution in [2.75, 3.05) is 0 Å². The van der Waals surface area contributed by atoms with Crippen LogP contribution < -0.4 is 0 Å². The number of hydrogen-bond donors (Lipinski definition) is 1. The molecule has 0 aromatic rings. The average molecular weight is 1030 g/mol. The molecular formula is C27H48Br8O. The van der Waals surface area contributed by atoms with E-state index < -0.39 is 13.1 Å². The predicted octanol–water partition coefficient (Wildman–Crippen LogP) is 14.3. The molecule has 0 aromatic carbocycles. The Morgan fingerprint density at radius 3 is 1.03 bits per heavy atom. The maximum atomic E-state index is 11.4. The standard InChI is InChI=1S/C27H48Br8O/c1-3-5-7-9-11-13-14-16-18-20-22-23(21-19-17-15-12-10-8-6-4-2)24(28,29)25(30,31)26(32,36)27(33,34)35/h23,36H,3-22H2,1-2H3. The summed E-state index contributed by atoms with van der Waals surface area (Å²) in [6.07, 6.45) is 26.1. The van der Waals surface area contributed by atoms with E-state index in [1.807, 2.05) is 0 Å². The summed E-state index contributed by atoms with van der Waals surface area (Å²) in [4.78, 5) is 0. The molecule has 0 aliphatic rings. The monoisotopic (exact) mass is 1020 g/mol. The Labute approximate surface area is 290 Å². The zero-order valence-electron chi connectivity index (χ0n) is 22.2. The van der Waals surface area contributed by atoms with Crippen molar-refractivity contribution in [2.24, 2.45) is 5.92 Å². The minimum Gasteiger partial charge on any atom is -0.373 e. The van der Waals surface area contributed by atoms with Crippen LogP contribution in [0.5, 0.6) is 0 Å². The van der Waals surface area contributed by atoms with Gasteiger partial charge < -0.3 is 5.11 Å². The molecule has 0 fully saturated rings. The lowest BCUT2D eigenvalue weighted by atomic mass is 9.89. The molecule has 0 aromatic heterocycles. The fraction of sp³-hybridized carbons (Fsp3) is 1.00. The van der Waals surface area contributed by atoms with E-state index in [2.05, 4.69) is 141 Å². The summed E-state index contributed by atoms with van der Waals surface area (Å²) in [5, 5.41) is 11.4. The highest BCUT2D eigenvalue weighted by Gasteiger charge is 2.66. The van der Waals surface area contributed by atoms with Crippen LogP contribution in [-0.4, -0.2) is 18.2 Å². The van der Waals surface area contributed by atoms with E-state index in [0.29, 0.717) is 5.92 Å². The van der Waals surface area contributed by atoms with Crippen molar-refractivity contribution in [2.45, 2.75) is 155 Å². The topological polar surface area (TPSA) is 20.2 Å². The van der Waals surface area contributed by atoms with Gasteiger partial charge in [-0.05, 0) is 34.7 Å². The molecule has 0 amide bonds. The number of unbranched alkanes of at least 4 members (excludes halogenated alkanes) is 16. The Bertz CT molecular complexity index is 534. The third kappa shape index (κ3) is 14.8. The Hall–Kier alpha value is 3.80.